The van der Waals surface area contributed by atoms with Crippen molar-refractivity contribution in [3.63, 3.8) is 0 Å². The predicted molar refractivity (Wildman–Crippen MR) is 45.0 cm³/mol. The molecule has 0 radical (unpaired) electrons. The molecule has 0 fully saturated rings. The minimum atomic E-state index is -0.766. The number of hydrogen-bond acceptors (Lipinski definition) is 1. The normalized spacial score (nSPS) is 13.2. The summed E-state index contributed by atoms with van der Waals surface area (Å²) in [6.07, 6.45) is 0. The molecule has 0 aliphatic rings. The lowest BCUT2D eigenvalue weighted by atomic mass is 10.1. The molecule has 11 heavy (non-hydrogen) atoms. The van der Waals surface area contributed by atoms with Crippen LogP contribution in [0.5, 0.6) is 0 Å². The van der Waals surface area contributed by atoms with Crippen molar-refractivity contribution in [2.45, 2.75) is 12.8 Å². The third-order valence-corrected chi connectivity index (χ3v) is 2.35. The molecule has 0 saturated heterocycles. The number of carboxylic acids is 1. The standard InChI is InChI=1S/C8H9O2P/c1-6(8(9)10)7-3-2-4-11-5-7/h2-6H,1H3,(H,9,10)/t6-/m1/s1. The lowest BCUT2D eigenvalue weighted by Crippen LogP contribution is -2.06. The fourth-order valence-corrected chi connectivity index (χ4v) is 1.53. The zero-order chi connectivity index (χ0) is 8.27. The lowest BCUT2D eigenvalue weighted by molar-refractivity contribution is -0.138. The molecule has 1 rings (SSSR count). The zero-order valence-corrected chi connectivity index (χ0v) is 7.08. The Hall–Kier alpha value is -0.880. The minimum absolute atomic E-state index is 0.382. The highest BCUT2D eigenvalue weighted by atomic mass is 31.0. The molecule has 1 heterocycles. The van der Waals surface area contributed by atoms with Gasteiger partial charge in [-0.2, -0.15) is 0 Å². The van der Waals surface area contributed by atoms with Crippen molar-refractivity contribution in [3.05, 3.63) is 29.3 Å². The highest BCUT2D eigenvalue weighted by Gasteiger charge is 2.11. The summed E-state index contributed by atoms with van der Waals surface area (Å²) in [6, 6.07) is 3.73. The first kappa shape index (κ1) is 8.22. The van der Waals surface area contributed by atoms with Crippen LogP contribution in [0.2, 0.25) is 0 Å². The molecule has 2 nitrogen and oxygen atoms in total. The average Bonchev–Trinajstić information content (AvgIpc) is 2.05. The number of hydrogen-bond donors (Lipinski definition) is 1. The van der Waals surface area contributed by atoms with Gasteiger partial charge in [-0.15, -0.1) is 0 Å². The summed E-state index contributed by atoms with van der Waals surface area (Å²) in [7, 11) is 1.07. The summed E-state index contributed by atoms with van der Waals surface area (Å²) in [6.45, 7) is 1.69. The SMILES string of the molecule is C[C@@H](C(=O)O)c1cccpc1. The van der Waals surface area contributed by atoms with Crippen molar-refractivity contribution in [3.8, 4) is 0 Å². The molecule has 0 aliphatic heterocycles. The molecule has 0 aliphatic carbocycles. The van der Waals surface area contributed by atoms with Crippen LogP contribution < -0.4 is 0 Å². The largest absolute Gasteiger partial charge is 0.481 e. The van der Waals surface area contributed by atoms with Crippen LogP contribution in [0, 0.1) is 0 Å². The fraction of sp³-hybridized carbons (Fsp3) is 0.250. The van der Waals surface area contributed by atoms with Gasteiger partial charge in [-0.1, -0.05) is 20.3 Å². The maximum atomic E-state index is 10.5. The van der Waals surface area contributed by atoms with Crippen molar-refractivity contribution < 1.29 is 9.90 Å². The maximum Gasteiger partial charge on any atom is 0.310 e. The third kappa shape index (κ3) is 2.02. The smallest absolute Gasteiger partial charge is 0.310 e. The number of rotatable bonds is 2. The highest BCUT2D eigenvalue weighted by molar-refractivity contribution is 7.28. The molecule has 0 unspecified atom stereocenters. The minimum Gasteiger partial charge on any atom is -0.481 e. The molecule has 0 spiro atoms. The van der Waals surface area contributed by atoms with Gasteiger partial charge in [-0.25, -0.2) is 0 Å². The predicted octanol–water partition coefficient (Wildman–Crippen LogP) is 2.45. The molecule has 0 aromatic carbocycles. The van der Waals surface area contributed by atoms with E-state index in [4.69, 9.17) is 5.11 Å². The summed E-state index contributed by atoms with van der Waals surface area (Å²) in [5.74, 6) is 2.74. The monoisotopic (exact) mass is 168 g/mol. The second kappa shape index (κ2) is 3.49. The van der Waals surface area contributed by atoms with Gasteiger partial charge in [0.05, 0.1) is 5.92 Å². The maximum absolute atomic E-state index is 10.5. The van der Waals surface area contributed by atoms with Gasteiger partial charge in [0.2, 0.25) is 0 Å². The van der Waals surface area contributed by atoms with E-state index in [2.05, 4.69) is 0 Å². The van der Waals surface area contributed by atoms with Gasteiger partial charge in [0.1, 0.15) is 0 Å². The van der Waals surface area contributed by atoms with Crippen LogP contribution in [-0.2, 0) is 4.79 Å². The van der Waals surface area contributed by atoms with E-state index in [-0.39, 0.29) is 5.92 Å². The Bertz CT molecular complexity index is 246. The van der Waals surface area contributed by atoms with Gasteiger partial charge in [0.15, 0.2) is 0 Å². The van der Waals surface area contributed by atoms with E-state index in [0.29, 0.717) is 0 Å². The molecule has 3 heteroatoms. The van der Waals surface area contributed by atoms with Gasteiger partial charge in [0.25, 0.3) is 0 Å². The molecule has 0 bridgehead atoms. The zero-order valence-electron chi connectivity index (χ0n) is 6.19. The third-order valence-electron chi connectivity index (χ3n) is 1.55. The lowest BCUT2D eigenvalue weighted by Gasteiger charge is -2.03. The molecule has 58 valence electrons. The Morgan fingerprint density at radius 1 is 1.73 bits per heavy atom. The van der Waals surface area contributed by atoms with E-state index in [9.17, 15) is 4.79 Å². The van der Waals surface area contributed by atoms with Crippen molar-refractivity contribution in [2.75, 3.05) is 0 Å². The number of carbonyl (C=O) groups is 1. The van der Waals surface area contributed by atoms with E-state index in [1.807, 2.05) is 23.7 Å². The Morgan fingerprint density at radius 3 is 2.91 bits per heavy atom. The second-order valence-electron chi connectivity index (χ2n) is 2.35. The van der Waals surface area contributed by atoms with E-state index < -0.39 is 5.97 Å². The quantitative estimate of drug-likeness (QED) is 0.736. The van der Waals surface area contributed by atoms with E-state index in [1.54, 1.807) is 6.92 Å². The summed E-state index contributed by atoms with van der Waals surface area (Å²) in [4.78, 5) is 10.5. The molecule has 1 N–H and O–H groups in total. The van der Waals surface area contributed by atoms with Crippen LogP contribution in [0.4, 0.5) is 0 Å². The second-order valence-corrected chi connectivity index (χ2v) is 3.20. The summed E-state index contributed by atoms with van der Waals surface area (Å²) in [5.41, 5.74) is 0.890. The first-order valence-corrected chi connectivity index (χ1v) is 4.38. The van der Waals surface area contributed by atoms with Crippen LogP contribution in [0.25, 0.3) is 0 Å². The van der Waals surface area contributed by atoms with E-state index in [0.717, 1.165) is 13.8 Å². The highest BCUT2D eigenvalue weighted by Crippen LogP contribution is 2.18. The van der Waals surface area contributed by atoms with Crippen LogP contribution in [0.3, 0.4) is 0 Å². The number of aliphatic carboxylic acids is 1. The van der Waals surface area contributed by atoms with Crippen molar-refractivity contribution >= 4 is 14.2 Å². The number of carboxylic acid groups (broad SMARTS) is 1. The summed E-state index contributed by atoms with van der Waals surface area (Å²) >= 11 is 0. The van der Waals surface area contributed by atoms with Crippen LogP contribution in [0.15, 0.2) is 23.7 Å². The molecule has 0 amide bonds. The van der Waals surface area contributed by atoms with Gasteiger partial charge < -0.3 is 5.11 Å². The molecule has 1 atom stereocenters. The van der Waals surface area contributed by atoms with Gasteiger partial charge in [-0.3, -0.25) is 4.79 Å². The summed E-state index contributed by atoms with van der Waals surface area (Å²) in [5, 5.41) is 8.65. The van der Waals surface area contributed by atoms with Crippen LogP contribution >= 0.6 is 8.19 Å². The Morgan fingerprint density at radius 2 is 2.45 bits per heavy atom. The van der Waals surface area contributed by atoms with Gasteiger partial charge in [0, 0.05) is 0 Å². The Labute approximate surface area is 67.0 Å². The molecule has 1 aromatic rings. The van der Waals surface area contributed by atoms with Crippen molar-refractivity contribution in [1.82, 2.24) is 0 Å². The first-order valence-electron chi connectivity index (χ1n) is 3.34. The molecule has 0 saturated carbocycles. The van der Waals surface area contributed by atoms with Gasteiger partial charge >= 0.3 is 5.97 Å². The fourth-order valence-electron chi connectivity index (χ4n) is 0.775. The average molecular weight is 168 g/mol. The summed E-state index contributed by atoms with van der Waals surface area (Å²) < 4.78 is 0. The van der Waals surface area contributed by atoms with E-state index >= 15 is 0 Å². The topological polar surface area (TPSA) is 37.3 Å². The first-order chi connectivity index (χ1) is 5.22. The molecular weight excluding hydrogens is 159 g/mol. The Balaban J connectivity index is 2.85. The Kier molecular flexibility index (Phi) is 2.61. The molecule has 1 aromatic heterocycles. The molecular formula is C8H9O2P. The van der Waals surface area contributed by atoms with E-state index in [1.165, 1.54) is 0 Å². The van der Waals surface area contributed by atoms with Crippen molar-refractivity contribution in [2.24, 2.45) is 0 Å². The van der Waals surface area contributed by atoms with Gasteiger partial charge in [-0.05, 0) is 24.1 Å². The van der Waals surface area contributed by atoms with Crippen LogP contribution in [0.1, 0.15) is 18.4 Å². The van der Waals surface area contributed by atoms with Crippen LogP contribution in [-0.4, -0.2) is 11.1 Å². The van der Waals surface area contributed by atoms with Crippen molar-refractivity contribution in [1.29, 1.82) is 0 Å².